The van der Waals surface area contributed by atoms with Crippen molar-refractivity contribution < 1.29 is 28.2 Å². The standard InChI is InChI=1S/C24H20BrFN2O5/c1-2-31-20-8-3-16(4-9-20)24(30)33-22-12-5-18(25)13-17(22)14-27-28-23(29)15-32-21-10-6-19(26)7-11-21/h3-14H,2,15H2,1H3,(H,28,29)/b27-14-. The number of esters is 1. The number of rotatable bonds is 9. The number of amides is 1. The summed E-state index contributed by atoms with van der Waals surface area (Å²) in [4.78, 5) is 24.4. The van der Waals surface area contributed by atoms with Crippen LogP contribution in [0.2, 0.25) is 0 Å². The molecule has 9 heteroatoms. The summed E-state index contributed by atoms with van der Waals surface area (Å²) in [6.45, 7) is 2.10. The first kappa shape index (κ1) is 23.9. The maximum absolute atomic E-state index is 12.9. The van der Waals surface area contributed by atoms with Crippen molar-refractivity contribution in [3.8, 4) is 17.2 Å². The minimum atomic E-state index is -0.549. The summed E-state index contributed by atoms with van der Waals surface area (Å²) < 4.78 is 29.8. The summed E-state index contributed by atoms with van der Waals surface area (Å²) >= 11 is 3.36. The van der Waals surface area contributed by atoms with E-state index in [9.17, 15) is 14.0 Å². The van der Waals surface area contributed by atoms with E-state index in [0.717, 1.165) is 4.47 Å². The summed E-state index contributed by atoms with van der Waals surface area (Å²) in [7, 11) is 0. The molecule has 3 rings (SSSR count). The average Bonchev–Trinajstić information content (AvgIpc) is 2.81. The molecular formula is C24H20BrFN2O5. The van der Waals surface area contributed by atoms with Gasteiger partial charge in [-0.2, -0.15) is 5.10 Å². The molecule has 0 unspecified atom stereocenters. The van der Waals surface area contributed by atoms with Crippen LogP contribution >= 0.6 is 15.9 Å². The summed E-state index contributed by atoms with van der Waals surface area (Å²) in [5.41, 5.74) is 3.14. The molecule has 1 N–H and O–H groups in total. The molecule has 0 aliphatic carbocycles. The molecule has 3 aromatic carbocycles. The van der Waals surface area contributed by atoms with Crippen molar-refractivity contribution in [3.63, 3.8) is 0 Å². The molecule has 33 heavy (non-hydrogen) atoms. The summed E-state index contributed by atoms with van der Waals surface area (Å²) in [6, 6.07) is 16.9. The second kappa shape index (κ2) is 11.8. The van der Waals surface area contributed by atoms with E-state index in [2.05, 4.69) is 26.5 Å². The fourth-order valence-electron chi connectivity index (χ4n) is 2.61. The molecule has 0 atom stereocenters. The Morgan fingerprint density at radius 3 is 2.36 bits per heavy atom. The zero-order chi connectivity index (χ0) is 23.6. The van der Waals surface area contributed by atoms with Crippen molar-refractivity contribution in [3.05, 3.63) is 88.1 Å². The molecule has 0 saturated carbocycles. The van der Waals surface area contributed by atoms with Gasteiger partial charge in [-0.05, 0) is 73.7 Å². The van der Waals surface area contributed by atoms with Crippen LogP contribution in [0.15, 0.2) is 76.3 Å². The van der Waals surface area contributed by atoms with Gasteiger partial charge in [-0.25, -0.2) is 14.6 Å². The zero-order valence-corrected chi connectivity index (χ0v) is 19.2. The molecule has 0 radical (unpaired) electrons. The van der Waals surface area contributed by atoms with Crippen LogP contribution in [-0.2, 0) is 4.79 Å². The molecule has 0 saturated heterocycles. The van der Waals surface area contributed by atoms with Crippen LogP contribution in [0.3, 0.4) is 0 Å². The van der Waals surface area contributed by atoms with Gasteiger partial charge in [-0.3, -0.25) is 4.79 Å². The second-order valence-electron chi connectivity index (χ2n) is 6.56. The van der Waals surface area contributed by atoms with Crippen molar-refractivity contribution in [1.29, 1.82) is 0 Å². The number of carbonyl (C=O) groups excluding carboxylic acids is 2. The highest BCUT2D eigenvalue weighted by Gasteiger charge is 2.12. The van der Waals surface area contributed by atoms with Crippen LogP contribution < -0.4 is 19.6 Å². The van der Waals surface area contributed by atoms with Crippen LogP contribution in [-0.4, -0.2) is 31.3 Å². The van der Waals surface area contributed by atoms with Gasteiger partial charge in [-0.1, -0.05) is 15.9 Å². The molecule has 0 spiro atoms. The number of halogens is 2. The molecule has 1 amide bonds. The van der Waals surface area contributed by atoms with Crippen LogP contribution in [0.5, 0.6) is 17.2 Å². The van der Waals surface area contributed by atoms with E-state index in [1.807, 2.05) is 6.92 Å². The Hall–Kier alpha value is -3.72. The molecule has 3 aromatic rings. The van der Waals surface area contributed by atoms with Gasteiger partial charge in [0.1, 0.15) is 23.1 Å². The molecule has 0 aliphatic heterocycles. The lowest BCUT2D eigenvalue weighted by atomic mass is 10.2. The van der Waals surface area contributed by atoms with Gasteiger partial charge in [0.25, 0.3) is 5.91 Å². The monoisotopic (exact) mass is 514 g/mol. The van der Waals surface area contributed by atoms with Gasteiger partial charge in [-0.15, -0.1) is 0 Å². The largest absolute Gasteiger partial charge is 0.494 e. The second-order valence-corrected chi connectivity index (χ2v) is 7.48. The summed E-state index contributed by atoms with van der Waals surface area (Å²) in [5.74, 6) is -0.192. The predicted molar refractivity (Wildman–Crippen MR) is 124 cm³/mol. The van der Waals surface area contributed by atoms with E-state index in [1.165, 1.54) is 30.5 Å². The minimum absolute atomic E-state index is 0.262. The van der Waals surface area contributed by atoms with Crippen LogP contribution in [0.25, 0.3) is 0 Å². The van der Waals surface area contributed by atoms with Crippen molar-refractivity contribution in [2.24, 2.45) is 5.10 Å². The molecule has 0 heterocycles. The first-order chi connectivity index (χ1) is 15.9. The SMILES string of the molecule is CCOc1ccc(C(=O)Oc2ccc(Br)cc2/C=N\NC(=O)COc2ccc(F)cc2)cc1. The fourth-order valence-corrected chi connectivity index (χ4v) is 2.99. The Morgan fingerprint density at radius 2 is 1.67 bits per heavy atom. The molecule has 0 aromatic heterocycles. The Balaban J connectivity index is 1.60. The van der Waals surface area contributed by atoms with Gasteiger partial charge < -0.3 is 14.2 Å². The van der Waals surface area contributed by atoms with Crippen molar-refractivity contribution in [2.75, 3.05) is 13.2 Å². The molecule has 7 nitrogen and oxygen atoms in total. The van der Waals surface area contributed by atoms with E-state index < -0.39 is 17.7 Å². The smallest absolute Gasteiger partial charge is 0.343 e. The number of hydrogen-bond acceptors (Lipinski definition) is 6. The van der Waals surface area contributed by atoms with Crippen LogP contribution in [0.4, 0.5) is 4.39 Å². The van der Waals surface area contributed by atoms with Crippen molar-refractivity contribution in [1.82, 2.24) is 5.43 Å². The molecule has 170 valence electrons. The van der Waals surface area contributed by atoms with Crippen molar-refractivity contribution in [2.45, 2.75) is 6.92 Å². The molecule has 0 bridgehead atoms. The van der Waals surface area contributed by atoms with E-state index in [4.69, 9.17) is 14.2 Å². The van der Waals surface area contributed by atoms with E-state index in [-0.39, 0.29) is 12.4 Å². The Labute approximate surface area is 198 Å². The molecule has 0 fully saturated rings. The number of ether oxygens (including phenoxy) is 3. The maximum atomic E-state index is 12.9. The number of nitrogens with one attached hydrogen (secondary N) is 1. The number of nitrogens with zero attached hydrogens (tertiary/aromatic N) is 1. The van der Waals surface area contributed by atoms with E-state index in [1.54, 1.807) is 42.5 Å². The third kappa shape index (κ3) is 7.43. The highest BCUT2D eigenvalue weighted by Crippen LogP contribution is 2.23. The third-order valence-electron chi connectivity index (χ3n) is 4.15. The van der Waals surface area contributed by atoms with Crippen molar-refractivity contribution >= 4 is 34.0 Å². The number of carbonyl (C=O) groups is 2. The highest BCUT2D eigenvalue weighted by atomic mass is 79.9. The Morgan fingerprint density at radius 1 is 1.00 bits per heavy atom. The topological polar surface area (TPSA) is 86.2 Å². The van der Waals surface area contributed by atoms with Gasteiger partial charge in [0.2, 0.25) is 0 Å². The van der Waals surface area contributed by atoms with Crippen LogP contribution in [0, 0.1) is 5.82 Å². The lowest BCUT2D eigenvalue weighted by Crippen LogP contribution is -2.24. The number of benzene rings is 3. The van der Waals surface area contributed by atoms with Gasteiger partial charge in [0.15, 0.2) is 6.61 Å². The minimum Gasteiger partial charge on any atom is -0.494 e. The Kier molecular flexibility index (Phi) is 8.54. The fraction of sp³-hybridized carbons (Fsp3) is 0.125. The first-order valence-corrected chi connectivity index (χ1v) is 10.7. The quantitative estimate of drug-likeness (QED) is 0.193. The number of hydrogen-bond donors (Lipinski definition) is 1. The normalized spacial score (nSPS) is 10.6. The van der Waals surface area contributed by atoms with Crippen LogP contribution in [0.1, 0.15) is 22.8 Å². The first-order valence-electron chi connectivity index (χ1n) is 9.89. The van der Waals surface area contributed by atoms with Gasteiger partial charge in [0.05, 0.1) is 18.4 Å². The van der Waals surface area contributed by atoms with Gasteiger partial charge in [0, 0.05) is 10.0 Å². The lowest BCUT2D eigenvalue weighted by molar-refractivity contribution is -0.123. The molecular weight excluding hydrogens is 495 g/mol. The summed E-state index contributed by atoms with van der Waals surface area (Å²) in [6.07, 6.45) is 1.35. The van der Waals surface area contributed by atoms with Gasteiger partial charge >= 0.3 is 5.97 Å². The third-order valence-corrected chi connectivity index (χ3v) is 4.65. The average molecular weight is 515 g/mol. The lowest BCUT2D eigenvalue weighted by Gasteiger charge is -2.09. The summed E-state index contributed by atoms with van der Waals surface area (Å²) in [5, 5.41) is 3.89. The molecule has 0 aliphatic rings. The van der Waals surface area contributed by atoms with E-state index >= 15 is 0 Å². The van der Waals surface area contributed by atoms with E-state index in [0.29, 0.717) is 29.2 Å². The highest BCUT2D eigenvalue weighted by molar-refractivity contribution is 9.10. The zero-order valence-electron chi connectivity index (χ0n) is 17.6. The Bertz CT molecular complexity index is 1130. The number of hydrazone groups is 1. The maximum Gasteiger partial charge on any atom is 0.343 e. The predicted octanol–water partition coefficient (Wildman–Crippen LogP) is 4.74.